The highest BCUT2D eigenvalue weighted by molar-refractivity contribution is 5.33. The molecule has 2 unspecified atom stereocenters. The van der Waals surface area contributed by atoms with Gasteiger partial charge in [0.2, 0.25) is 0 Å². The van der Waals surface area contributed by atoms with Crippen molar-refractivity contribution in [2.45, 2.75) is 46.3 Å². The minimum atomic E-state index is -0.536. The molecule has 2 N–H and O–H groups in total. The Balaban J connectivity index is 1.81. The molecule has 2 rings (SSSR count). The Bertz CT molecular complexity index is 637. The third kappa shape index (κ3) is 5.36. The van der Waals surface area contributed by atoms with Crippen molar-refractivity contribution in [3.05, 3.63) is 64.7 Å². The van der Waals surface area contributed by atoms with Crippen LogP contribution in [0.3, 0.4) is 0 Å². The Morgan fingerprint density at radius 3 is 2.33 bits per heavy atom. The van der Waals surface area contributed by atoms with Crippen LogP contribution in [0.2, 0.25) is 0 Å². The number of ether oxygens (including phenoxy) is 1. The lowest BCUT2D eigenvalue weighted by atomic mass is 10.0. The predicted molar refractivity (Wildman–Crippen MR) is 99.6 cm³/mol. The van der Waals surface area contributed by atoms with Gasteiger partial charge < -0.3 is 15.2 Å². The molecule has 0 aromatic heterocycles. The number of aliphatic hydroxyl groups excluding tert-OH is 1. The van der Waals surface area contributed by atoms with Crippen LogP contribution in [0.25, 0.3) is 0 Å². The minimum Gasteiger partial charge on any atom is -0.491 e. The van der Waals surface area contributed by atoms with E-state index in [2.05, 4.69) is 57.3 Å². The minimum absolute atomic E-state index is 0.252. The highest BCUT2D eigenvalue weighted by atomic mass is 16.5. The maximum atomic E-state index is 10.2. The van der Waals surface area contributed by atoms with Crippen LogP contribution < -0.4 is 10.1 Å². The van der Waals surface area contributed by atoms with Gasteiger partial charge in [0.15, 0.2) is 0 Å². The monoisotopic (exact) mass is 327 g/mol. The lowest BCUT2D eigenvalue weighted by Crippen LogP contribution is -2.33. The standard InChI is InChI=1S/C21H29NO2/c1-5-21(18-9-6-15(2)7-10-18)22-13-19(23)14-24-20-11-8-16(3)17(4)12-20/h6-12,19,21-23H,5,13-14H2,1-4H3. The summed E-state index contributed by atoms with van der Waals surface area (Å²) < 4.78 is 5.70. The van der Waals surface area contributed by atoms with Crippen molar-refractivity contribution in [1.82, 2.24) is 5.32 Å². The topological polar surface area (TPSA) is 41.5 Å². The lowest BCUT2D eigenvalue weighted by molar-refractivity contribution is 0.103. The summed E-state index contributed by atoms with van der Waals surface area (Å²) in [5, 5.41) is 13.6. The first-order chi connectivity index (χ1) is 11.5. The van der Waals surface area contributed by atoms with Crippen LogP contribution in [0.5, 0.6) is 5.75 Å². The first-order valence-electron chi connectivity index (χ1n) is 8.67. The molecule has 0 radical (unpaired) electrons. The van der Waals surface area contributed by atoms with Crippen LogP contribution in [-0.4, -0.2) is 24.4 Å². The second-order valence-corrected chi connectivity index (χ2v) is 6.49. The van der Waals surface area contributed by atoms with E-state index in [0.717, 1.165) is 12.2 Å². The average Bonchev–Trinajstić information content (AvgIpc) is 2.58. The summed E-state index contributed by atoms with van der Waals surface area (Å²) in [5.41, 5.74) is 4.96. The highest BCUT2D eigenvalue weighted by Crippen LogP contribution is 2.18. The average molecular weight is 327 g/mol. The summed E-state index contributed by atoms with van der Waals surface area (Å²) in [6.45, 7) is 9.18. The third-order valence-corrected chi connectivity index (χ3v) is 4.41. The van der Waals surface area contributed by atoms with Gasteiger partial charge >= 0.3 is 0 Å². The molecule has 0 saturated carbocycles. The van der Waals surface area contributed by atoms with E-state index in [0.29, 0.717) is 13.2 Å². The van der Waals surface area contributed by atoms with Crippen LogP contribution in [0.15, 0.2) is 42.5 Å². The molecular formula is C21H29NO2. The molecule has 130 valence electrons. The summed E-state index contributed by atoms with van der Waals surface area (Å²) >= 11 is 0. The molecule has 0 heterocycles. The van der Waals surface area contributed by atoms with Crippen molar-refractivity contribution < 1.29 is 9.84 Å². The summed E-state index contributed by atoms with van der Waals surface area (Å²) in [4.78, 5) is 0. The fourth-order valence-corrected chi connectivity index (χ4v) is 2.63. The van der Waals surface area contributed by atoms with Gasteiger partial charge in [-0.25, -0.2) is 0 Å². The van der Waals surface area contributed by atoms with E-state index in [9.17, 15) is 5.11 Å². The summed E-state index contributed by atoms with van der Waals surface area (Å²) in [6, 6.07) is 14.8. The molecule has 0 aliphatic rings. The first-order valence-corrected chi connectivity index (χ1v) is 8.67. The Morgan fingerprint density at radius 1 is 1.00 bits per heavy atom. The van der Waals surface area contributed by atoms with Crippen molar-refractivity contribution in [2.24, 2.45) is 0 Å². The molecule has 3 nitrogen and oxygen atoms in total. The van der Waals surface area contributed by atoms with Crippen LogP contribution >= 0.6 is 0 Å². The summed E-state index contributed by atoms with van der Waals surface area (Å²) in [7, 11) is 0. The Hall–Kier alpha value is -1.84. The molecule has 0 amide bonds. The van der Waals surface area contributed by atoms with E-state index in [1.165, 1.54) is 22.3 Å². The van der Waals surface area contributed by atoms with Crippen molar-refractivity contribution in [1.29, 1.82) is 0 Å². The van der Waals surface area contributed by atoms with Crippen molar-refractivity contribution in [3.63, 3.8) is 0 Å². The van der Waals surface area contributed by atoms with E-state index < -0.39 is 6.10 Å². The van der Waals surface area contributed by atoms with E-state index in [4.69, 9.17) is 4.74 Å². The van der Waals surface area contributed by atoms with E-state index in [1.807, 2.05) is 18.2 Å². The van der Waals surface area contributed by atoms with E-state index in [-0.39, 0.29) is 6.04 Å². The molecule has 0 saturated heterocycles. The van der Waals surface area contributed by atoms with Gasteiger partial charge in [-0.05, 0) is 56.0 Å². The molecule has 24 heavy (non-hydrogen) atoms. The van der Waals surface area contributed by atoms with Crippen molar-refractivity contribution in [3.8, 4) is 5.75 Å². The van der Waals surface area contributed by atoms with Gasteiger partial charge in [0.05, 0.1) is 0 Å². The maximum Gasteiger partial charge on any atom is 0.119 e. The molecule has 2 atom stereocenters. The smallest absolute Gasteiger partial charge is 0.119 e. The summed E-state index contributed by atoms with van der Waals surface area (Å²) in [5.74, 6) is 0.808. The maximum absolute atomic E-state index is 10.2. The van der Waals surface area contributed by atoms with Crippen molar-refractivity contribution >= 4 is 0 Å². The number of hydrogen-bond acceptors (Lipinski definition) is 3. The third-order valence-electron chi connectivity index (χ3n) is 4.41. The van der Waals surface area contributed by atoms with Crippen LogP contribution in [0, 0.1) is 20.8 Å². The second kappa shape index (κ2) is 8.86. The normalized spacial score (nSPS) is 13.5. The van der Waals surface area contributed by atoms with Gasteiger partial charge in [0.25, 0.3) is 0 Å². The number of rotatable bonds is 8. The molecule has 0 bridgehead atoms. The molecule has 0 aliphatic carbocycles. The zero-order chi connectivity index (χ0) is 17.5. The number of benzene rings is 2. The van der Waals surface area contributed by atoms with E-state index in [1.54, 1.807) is 0 Å². The van der Waals surface area contributed by atoms with Gasteiger partial charge in [-0.2, -0.15) is 0 Å². The molecule has 0 fully saturated rings. The Labute approximate surface area is 145 Å². The quantitative estimate of drug-likeness (QED) is 0.767. The molecule has 2 aromatic carbocycles. The van der Waals surface area contributed by atoms with Gasteiger partial charge in [-0.1, -0.05) is 42.8 Å². The first kappa shape index (κ1) is 18.5. The summed E-state index contributed by atoms with van der Waals surface area (Å²) in [6.07, 6.45) is 0.444. The number of aliphatic hydroxyl groups is 1. The van der Waals surface area contributed by atoms with Crippen LogP contribution in [0.4, 0.5) is 0 Å². The second-order valence-electron chi connectivity index (χ2n) is 6.49. The van der Waals surface area contributed by atoms with E-state index >= 15 is 0 Å². The lowest BCUT2D eigenvalue weighted by Gasteiger charge is -2.20. The molecule has 0 spiro atoms. The van der Waals surface area contributed by atoms with Gasteiger partial charge in [-0.3, -0.25) is 0 Å². The van der Waals surface area contributed by atoms with Gasteiger partial charge in [0, 0.05) is 12.6 Å². The van der Waals surface area contributed by atoms with Gasteiger partial charge in [0.1, 0.15) is 18.5 Å². The number of hydrogen-bond donors (Lipinski definition) is 2. The molecule has 2 aromatic rings. The fourth-order valence-electron chi connectivity index (χ4n) is 2.63. The molecule has 0 aliphatic heterocycles. The molecular weight excluding hydrogens is 298 g/mol. The van der Waals surface area contributed by atoms with Crippen LogP contribution in [0.1, 0.15) is 41.6 Å². The Kier molecular flexibility index (Phi) is 6.83. The zero-order valence-corrected chi connectivity index (χ0v) is 15.2. The number of aryl methyl sites for hydroxylation is 3. The van der Waals surface area contributed by atoms with Crippen molar-refractivity contribution in [2.75, 3.05) is 13.2 Å². The highest BCUT2D eigenvalue weighted by Gasteiger charge is 2.12. The SMILES string of the molecule is CCC(NCC(O)COc1ccc(C)c(C)c1)c1ccc(C)cc1. The molecule has 3 heteroatoms. The van der Waals surface area contributed by atoms with Gasteiger partial charge in [-0.15, -0.1) is 0 Å². The predicted octanol–water partition coefficient (Wildman–Crippen LogP) is 4.09. The largest absolute Gasteiger partial charge is 0.491 e. The zero-order valence-electron chi connectivity index (χ0n) is 15.2. The Morgan fingerprint density at radius 2 is 1.71 bits per heavy atom. The van der Waals surface area contributed by atoms with Crippen LogP contribution in [-0.2, 0) is 0 Å². The number of nitrogens with one attached hydrogen (secondary N) is 1. The fraction of sp³-hybridized carbons (Fsp3) is 0.429.